The Morgan fingerprint density at radius 1 is 1.33 bits per heavy atom. The van der Waals surface area contributed by atoms with E-state index in [0.717, 1.165) is 19.4 Å². The van der Waals surface area contributed by atoms with Gasteiger partial charge in [-0.3, -0.25) is 9.59 Å². The van der Waals surface area contributed by atoms with Crippen LogP contribution in [0.3, 0.4) is 0 Å². The van der Waals surface area contributed by atoms with E-state index < -0.39 is 0 Å². The molecule has 144 valence electrons. The van der Waals surface area contributed by atoms with Crippen LogP contribution in [0.2, 0.25) is 0 Å². The average Bonchev–Trinajstić information content (AvgIpc) is 3.15. The Balaban J connectivity index is 1.58. The van der Waals surface area contributed by atoms with E-state index in [2.05, 4.69) is 5.16 Å². The molecule has 1 aliphatic heterocycles. The van der Waals surface area contributed by atoms with Crippen LogP contribution in [0.1, 0.15) is 46.4 Å². The van der Waals surface area contributed by atoms with Crippen molar-refractivity contribution < 1.29 is 23.6 Å². The Kier molecular flexibility index (Phi) is 6.24. The number of hydrogen-bond acceptors (Lipinski definition) is 6. The molecule has 0 bridgehead atoms. The molecule has 0 aliphatic carbocycles. The summed E-state index contributed by atoms with van der Waals surface area (Å²) < 4.78 is 16.1. The molecule has 1 atom stereocenters. The Morgan fingerprint density at radius 2 is 2.19 bits per heavy atom. The first-order valence-electron chi connectivity index (χ1n) is 9.04. The molecule has 0 spiro atoms. The predicted octanol–water partition coefficient (Wildman–Crippen LogP) is 2.95. The maximum Gasteiger partial charge on any atom is 0.276 e. The summed E-state index contributed by atoms with van der Waals surface area (Å²) in [6.07, 6.45) is 2.02. The van der Waals surface area contributed by atoms with Gasteiger partial charge in [-0.05, 0) is 37.8 Å². The zero-order valence-corrected chi connectivity index (χ0v) is 15.6. The molecule has 27 heavy (non-hydrogen) atoms. The van der Waals surface area contributed by atoms with Gasteiger partial charge in [0.05, 0.1) is 6.61 Å². The smallest absolute Gasteiger partial charge is 0.276 e. The first-order chi connectivity index (χ1) is 13.1. The lowest BCUT2D eigenvalue weighted by Crippen LogP contribution is -2.41. The van der Waals surface area contributed by atoms with Crippen LogP contribution in [-0.2, 0) is 11.3 Å². The second-order valence-electron chi connectivity index (χ2n) is 6.77. The fourth-order valence-electron chi connectivity index (χ4n) is 3.22. The number of likely N-dealkylation sites (tertiary alicyclic amines) is 1. The van der Waals surface area contributed by atoms with Gasteiger partial charge in [0.25, 0.3) is 5.91 Å². The van der Waals surface area contributed by atoms with Gasteiger partial charge >= 0.3 is 0 Å². The highest BCUT2D eigenvalue weighted by Crippen LogP contribution is 2.20. The number of nitrogens with zero attached hydrogens (tertiary/aromatic N) is 2. The van der Waals surface area contributed by atoms with E-state index in [1.165, 1.54) is 6.92 Å². The van der Waals surface area contributed by atoms with E-state index >= 15 is 0 Å². The number of aromatic nitrogens is 1. The van der Waals surface area contributed by atoms with Crippen LogP contribution in [0, 0.1) is 5.92 Å². The van der Waals surface area contributed by atoms with Crippen molar-refractivity contribution in [3.63, 3.8) is 0 Å². The zero-order valence-electron chi connectivity index (χ0n) is 15.6. The van der Waals surface area contributed by atoms with Crippen molar-refractivity contribution in [2.45, 2.75) is 26.4 Å². The molecule has 7 heteroatoms. The third-order valence-electron chi connectivity index (χ3n) is 4.61. The molecule has 1 aromatic heterocycles. The minimum atomic E-state index is -0.135. The number of carbonyl (C=O) groups is 2. The number of hydrogen-bond donors (Lipinski definition) is 0. The van der Waals surface area contributed by atoms with E-state index in [0.29, 0.717) is 36.1 Å². The summed E-state index contributed by atoms with van der Waals surface area (Å²) in [5.74, 6) is 1.21. The van der Waals surface area contributed by atoms with Gasteiger partial charge in [0.15, 0.2) is 17.2 Å². The molecule has 1 saturated heterocycles. The first-order valence-corrected chi connectivity index (χ1v) is 9.04. The summed E-state index contributed by atoms with van der Waals surface area (Å²) in [7, 11) is 1.68. The summed E-state index contributed by atoms with van der Waals surface area (Å²) in [5.41, 5.74) is 0.862. The highest BCUT2D eigenvalue weighted by molar-refractivity contribution is 5.94. The van der Waals surface area contributed by atoms with Crippen LogP contribution in [0.4, 0.5) is 0 Å². The third kappa shape index (κ3) is 4.95. The normalized spacial score (nSPS) is 17.0. The molecular formula is C20H24N2O5. The molecule has 0 saturated carbocycles. The molecule has 0 unspecified atom stereocenters. The molecule has 3 rings (SSSR count). The van der Waals surface area contributed by atoms with Crippen molar-refractivity contribution in [3.05, 3.63) is 47.3 Å². The fraction of sp³-hybridized carbons (Fsp3) is 0.450. The van der Waals surface area contributed by atoms with Crippen molar-refractivity contribution in [3.8, 4) is 5.75 Å². The number of ether oxygens (including phenoxy) is 2. The van der Waals surface area contributed by atoms with Crippen molar-refractivity contribution in [2.75, 3.05) is 26.8 Å². The molecular weight excluding hydrogens is 348 g/mol. The number of carbonyl (C=O) groups excluding carboxylic acids is 2. The number of benzene rings is 1. The van der Waals surface area contributed by atoms with Gasteiger partial charge in [0.2, 0.25) is 0 Å². The second-order valence-corrected chi connectivity index (χ2v) is 6.77. The maximum atomic E-state index is 12.6. The van der Waals surface area contributed by atoms with Crippen LogP contribution < -0.4 is 4.74 Å². The number of ketones is 1. The van der Waals surface area contributed by atoms with Crippen molar-refractivity contribution >= 4 is 11.7 Å². The predicted molar refractivity (Wildman–Crippen MR) is 97.8 cm³/mol. The molecule has 1 amide bonds. The van der Waals surface area contributed by atoms with E-state index in [-0.39, 0.29) is 24.0 Å². The summed E-state index contributed by atoms with van der Waals surface area (Å²) >= 11 is 0. The average molecular weight is 372 g/mol. The molecule has 1 aromatic carbocycles. The Labute approximate surface area is 158 Å². The van der Waals surface area contributed by atoms with E-state index in [1.807, 2.05) is 0 Å². The molecule has 7 nitrogen and oxygen atoms in total. The maximum absolute atomic E-state index is 12.6. The van der Waals surface area contributed by atoms with Gasteiger partial charge < -0.3 is 18.9 Å². The summed E-state index contributed by atoms with van der Waals surface area (Å²) in [4.78, 5) is 25.9. The van der Waals surface area contributed by atoms with E-state index in [4.69, 9.17) is 14.0 Å². The summed E-state index contributed by atoms with van der Waals surface area (Å²) in [6.45, 7) is 3.68. The van der Waals surface area contributed by atoms with Gasteiger partial charge in [-0.2, -0.15) is 0 Å². The topological polar surface area (TPSA) is 81.9 Å². The van der Waals surface area contributed by atoms with Gasteiger partial charge in [0.1, 0.15) is 12.4 Å². The van der Waals surface area contributed by atoms with Crippen molar-refractivity contribution in [1.29, 1.82) is 0 Å². The molecule has 2 aromatic rings. The molecule has 0 radical (unpaired) electrons. The van der Waals surface area contributed by atoms with Gasteiger partial charge in [-0.25, -0.2) is 0 Å². The van der Waals surface area contributed by atoms with E-state index in [9.17, 15) is 9.59 Å². The van der Waals surface area contributed by atoms with Crippen molar-refractivity contribution in [2.24, 2.45) is 5.92 Å². The zero-order chi connectivity index (χ0) is 19.2. The Hall–Kier alpha value is -2.67. The lowest BCUT2D eigenvalue weighted by Gasteiger charge is -2.31. The number of rotatable bonds is 7. The number of amides is 1. The van der Waals surface area contributed by atoms with Crippen LogP contribution in [0.25, 0.3) is 0 Å². The minimum Gasteiger partial charge on any atom is -0.486 e. The number of methoxy groups -OCH3 is 1. The fourth-order valence-corrected chi connectivity index (χ4v) is 3.22. The molecule has 2 heterocycles. The first kappa shape index (κ1) is 19.1. The highest BCUT2D eigenvalue weighted by atomic mass is 16.5. The SMILES string of the molecule is COC[C@H]1CCCN(C(=O)c2cc(COc3cccc(C(C)=O)c3)on2)C1. The van der Waals surface area contributed by atoms with E-state index in [1.54, 1.807) is 42.3 Å². The molecule has 0 N–H and O–H groups in total. The van der Waals surface area contributed by atoms with Crippen LogP contribution in [0.5, 0.6) is 5.75 Å². The van der Waals surface area contributed by atoms with Crippen molar-refractivity contribution in [1.82, 2.24) is 10.1 Å². The lowest BCUT2D eigenvalue weighted by atomic mass is 9.99. The minimum absolute atomic E-state index is 0.0266. The summed E-state index contributed by atoms with van der Waals surface area (Å²) in [5, 5.41) is 3.89. The van der Waals surface area contributed by atoms with Crippen LogP contribution in [-0.4, -0.2) is 48.6 Å². The Morgan fingerprint density at radius 3 is 2.96 bits per heavy atom. The van der Waals surface area contributed by atoms with Gasteiger partial charge in [-0.1, -0.05) is 17.3 Å². The van der Waals surface area contributed by atoms with Crippen LogP contribution in [0.15, 0.2) is 34.9 Å². The monoisotopic (exact) mass is 372 g/mol. The largest absolute Gasteiger partial charge is 0.486 e. The summed E-state index contributed by atoms with van der Waals surface area (Å²) in [6, 6.07) is 8.54. The Bertz CT molecular complexity index is 799. The van der Waals surface area contributed by atoms with Gasteiger partial charge in [0, 0.05) is 31.8 Å². The third-order valence-corrected chi connectivity index (χ3v) is 4.61. The number of Topliss-reactive ketones (excluding diaryl/α,β-unsaturated/α-hetero) is 1. The number of piperidine rings is 1. The lowest BCUT2D eigenvalue weighted by molar-refractivity contribution is 0.0561. The second kappa shape index (κ2) is 8.81. The highest BCUT2D eigenvalue weighted by Gasteiger charge is 2.26. The van der Waals surface area contributed by atoms with Crippen LogP contribution >= 0.6 is 0 Å². The molecule has 1 aliphatic rings. The standard InChI is InChI=1S/C20H24N2O5/c1-14(23)16-6-3-7-17(9-16)26-13-18-10-19(21-27-18)20(24)22-8-4-5-15(11-22)12-25-2/h3,6-7,9-10,15H,4-5,8,11-13H2,1-2H3/t15-/m0/s1. The quantitative estimate of drug-likeness (QED) is 0.695. The molecule has 1 fully saturated rings. The van der Waals surface area contributed by atoms with Gasteiger partial charge in [-0.15, -0.1) is 0 Å².